The lowest BCUT2D eigenvalue weighted by Crippen LogP contribution is -2.37. The van der Waals surface area contributed by atoms with E-state index in [0.717, 1.165) is 34.1 Å². The molecule has 0 amide bonds. The first kappa shape index (κ1) is 17.8. The zero-order valence-electron chi connectivity index (χ0n) is 15.7. The molecule has 0 saturated heterocycles. The van der Waals surface area contributed by atoms with Crippen LogP contribution in [0.25, 0.3) is 11.0 Å². The molecule has 0 unspecified atom stereocenters. The van der Waals surface area contributed by atoms with Crippen molar-refractivity contribution in [2.45, 2.75) is 20.0 Å². The Bertz CT molecular complexity index is 929. The average Bonchev–Trinajstić information content (AvgIpc) is 2.99. The van der Waals surface area contributed by atoms with Gasteiger partial charge in [0.1, 0.15) is 11.6 Å². The zero-order chi connectivity index (χ0) is 18.5. The van der Waals surface area contributed by atoms with E-state index in [1.54, 1.807) is 14.2 Å². The molecule has 0 spiro atoms. The summed E-state index contributed by atoms with van der Waals surface area (Å²) in [5.74, 6) is 2.56. The number of aliphatic imine (C=N–C) groups is 1. The highest BCUT2D eigenvalue weighted by Crippen LogP contribution is 2.19. The molecule has 3 rings (SSSR count). The highest BCUT2D eigenvalue weighted by atomic mass is 16.5. The van der Waals surface area contributed by atoms with Crippen molar-refractivity contribution in [3.05, 3.63) is 59.4 Å². The topological polar surface area (TPSA) is 63.5 Å². The smallest absolute Gasteiger partial charge is 0.191 e. The normalized spacial score (nSPS) is 11.6. The maximum Gasteiger partial charge on any atom is 0.191 e. The van der Waals surface area contributed by atoms with Gasteiger partial charge in [0.15, 0.2) is 5.96 Å². The molecule has 136 valence electrons. The molecule has 1 aromatic heterocycles. The molecule has 0 aliphatic rings. The van der Waals surface area contributed by atoms with Crippen molar-refractivity contribution < 1.29 is 4.74 Å². The quantitative estimate of drug-likeness (QED) is 0.548. The molecule has 0 saturated carbocycles. The van der Waals surface area contributed by atoms with E-state index in [2.05, 4.69) is 50.3 Å². The Labute approximate surface area is 153 Å². The summed E-state index contributed by atoms with van der Waals surface area (Å²) < 4.78 is 7.55. The van der Waals surface area contributed by atoms with Crippen molar-refractivity contribution in [3.8, 4) is 5.75 Å². The summed E-state index contributed by atoms with van der Waals surface area (Å²) >= 11 is 0. The number of aromatic nitrogens is 2. The first-order valence-corrected chi connectivity index (χ1v) is 8.60. The van der Waals surface area contributed by atoms with Crippen LogP contribution < -0.4 is 15.4 Å². The van der Waals surface area contributed by atoms with Gasteiger partial charge in [-0.1, -0.05) is 24.3 Å². The second kappa shape index (κ2) is 7.91. The third-order valence-electron chi connectivity index (χ3n) is 4.41. The zero-order valence-corrected chi connectivity index (χ0v) is 15.7. The summed E-state index contributed by atoms with van der Waals surface area (Å²) in [6.45, 7) is 3.28. The SMILES string of the molecule is CN=C(NCc1ccc(C)cc1OC)NCc1nc2ccccc2n1C. The number of aryl methyl sites for hydroxylation is 2. The Kier molecular flexibility index (Phi) is 5.41. The van der Waals surface area contributed by atoms with Gasteiger partial charge in [-0.2, -0.15) is 0 Å². The van der Waals surface area contributed by atoms with E-state index in [1.807, 2.05) is 31.3 Å². The van der Waals surface area contributed by atoms with E-state index in [9.17, 15) is 0 Å². The molecular weight excluding hydrogens is 326 g/mol. The van der Waals surface area contributed by atoms with Crippen molar-refractivity contribution in [2.24, 2.45) is 12.0 Å². The number of rotatable bonds is 5. The highest BCUT2D eigenvalue weighted by molar-refractivity contribution is 5.80. The number of benzene rings is 2. The maximum atomic E-state index is 5.46. The van der Waals surface area contributed by atoms with Gasteiger partial charge in [-0.05, 0) is 30.7 Å². The van der Waals surface area contributed by atoms with Crippen molar-refractivity contribution in [2.75, 3.05) is 14.2 Å². The predicted octanol–water partition coefficient (Wildman–Crippen LogP) is 2.76. The molecule has 6 heteroatoms. The van der Waals surface area contributed by atoms with Crippen LogP contribution in [0.4, 0.5) is 0 Å². The van der Waals surface area contributed by atoms with Crippen LogP contribution in [0.3, 0.4) is 0 Å². The van der Waals surface area contributed by atoms with Gasteiger partial charge in [-0.3, -0.25) is 4.99 Å². The van der Waals surface area contributed by atoms with Crippen molar-refractivity contribution in [1.82, 2.24) is 20.2 Å². The number of ether oxygens (including phenoxy) is 1. The fourth-order valence-corrected chi connectivity index (χ4v) is 2.91. The fourth-order valence-electron chi connectivity index (χ4n) is 2.91. The Morgan fingerprint density at radius 2 is 1.92 bits per heavy atom. The van der Waals surface area contributed by atoms with Crippen molar-refractivity contribution in [1.29, 1.82) is 0 Å². The number of hydrogen-bond acceptors (Lipinski definition) is 3. The van der Waals surface area contributed by atoms with Gasteiger partial charge in [0.05, 0.1) is 24.7 Å². The lowest BCUT2D eigenvalue weighted by molar-refractivity contribution is 0.408. The summed E-state index contributed by atoms with van der Waals surface area (Å²) in [6, 6.07) is 14.3. The summed E-state index contributed by atoms with van der Waals surface area (Å²) in [5, 5.41) is 6.65. The molecule has 6 nitrogen and oxygen atoms in total. The van der Waals surface area contributed by atoms with Gasteiger partial charge in [-0.25, -0.2) is 4.98 Å². The highest BCUT2D eigenvalue weighted by Gasteiger charge is 2.08. The minimum atomic E-state index is 0.593. The van der Waals surface area contributed by atoms with Crippen LogP contribution >= 0.6 is 0 Å². The number of guanidine groups is 1. The Morgan fingerprint density at radius 1 is 1.15 bits per heavy atom. The third kappa shape index (κ3) is 3.79. The number of nitrogens with zero attached hydrogens (tertiary/aromatic N) is 3. The minimum Gasteiger partial charge on any atom is -0.496 e. The minimum absolute atomic E-state index is 0.593. The molecule has 0 aliphatic heterocycles. The van der Waals surface area contributed by atoms with Gasteiger partial charge in [0.2, 0.25) is 0 Å². The first-order chi connectivity index (χ1) is 12.6. The largest absolute Gasteiger partial charge is 0.496 e. The van der Waals surface area contributed by atoms with Crippen LogP contribution in [0, 0.1) is 6.92 Å². The molecule has 1 heterocycles. The van der Waals surface area contributed by atoms with Gasteiger partial charge in [0.25, 0.3) is 0 Å². The molecule has 2 N–H and O–H groups in total. The van der Waals surface area contributed by atoms with Crippen LogP contribution in [-0.2, 0) is 20.1 Å². The molecule has 26 heavy (non-hydrogen) atoms. The first-order valence-electron chi connectivity index (χ1n) is 8.60. The second-order valence-electron chi connectivity index (χ2n) is 6.17. The van der Waals surface area contributed by atoms with Gasteiger partial charge >= 0.3 is 0 Å². The van der Waals surface area contributed by atoms with Gasteiger partial charge in [0, 0.05) is 26.2 Å². The van der Waals surface area contributed by atoms with E-state index in [1.165, 1.54) is 5.56 Å². The molecule has 0 bridgehead atoms. The fraction of sp³-hybridized carbons (Fsp3) is 0.300. The lowest BCUT2D eigenvalue weighted by atomic mass is 10.1. The molecule has 0 aliphatic carbocycles. The number of imidazole rings is 1. The van der Waals surface area contributed by atoms with E-state index in [4.69, 9.17) is 4.74 Å². The monoisotopic (exact) mass is 351 g/mol. The molecule has 3 aromatic rings. The second-order valence-corrected chi connectivity index (χ2v) is 6.17. The average molecular weight is 351 g/mol. The lowest BCUT2D eigenvalue weighted by Gasteiger charge is -2.14. The standard InChI is InChI=1S/C20H25N5O/c1-14-9-10-15(18(11-14)26-4)12-22-20(21-2)23-13-19-24-16-7-5-6-8-17(16)25(19)3/h5-11H,12-13H2,1-4H3,(H2,21,22,23). The summed E-state index contributed by atoms with van der Waals surface area (Å²) in [6.07, 6.45) is 0. The van der Waals surface area contributed by atoms with Gasteiger partial charge < -0.3 is 19.9 Å². The number of methoxy groups -OCH3 is 1. The van der Waals surface area contributed by atoms with Crippen LogP contribution in [-0.4, -0.2) is 29.7 Å². The van der Waals surface area contributed by atoms with Gasteiger partial charge in [-0.15, -0.1) is 0 Å². The number of hydrogen-bond donors (Lipinski definition) is 2. The van der Waals surface area contributed by atoms with E-state index < -0.39 is 0 Å². The Hall–Kier alpha value is -3.02. The summed E-state index contributed by atoms with van der Waals surface area (Å²) in [5.41, 5.74) is 4.38. The van der Waals surface area contributed by atoms with Crippen molar-refractivity contribution in [3.63, 3.8) is 0 Å². The summed E-state index contributed by atoms with van der Waals surface area (Å²) in [7, 11) is 5.48. The molecule has 0 atom stereocenters. The van der Waals surface area contributed by atoms with Crippen LogP contribution in [0.5, 0.6) is 5.75 Å². The molecule has 2 aromatic carbocycles. The van der Waals surface area contributed by atoms with E-state index >= 15 is 0 Å². The number of para-hydroxylation sites is 2. The third-order valence-corrected chi connectivity index (χ3v) is 4.41. The number of nitrogens with one attached hydrogen (secondary N) is 2. The number of fused-ring (bicyclic) bond motifs is 1. The van der Waals surface area contributed by atoms with Crippen molar-refractivity contribution >= 4 is 17.0 Å². The van der Waals surface area contributed by atoms with Crippen LogP contribution in [0.1, 0.15) is 17.0 Å². The van der Waals surface area contributed by atoms with Crippen LogP contribution in [0.2, 0.25) is 0 Å². The Balaban J connectivity index is 1.64. The summed E-state index contributed by atoms with van der Waals surface area (Å²) in [4.78, 5) is 8.96. The predicted molar refractivity (Wildman–Crippen MR) is 105 cm³/mol. The van der Waals surface area contributed by atoms with E-state index in [-0.39, 0.29) is 0 Å². The molecule has 0 fully saturated rings. The van der Waals surface area contributed by atoms with Crippen LogP contribution in [0.15, 0.2) is 47.5 Å². The van der Waals surface area contributed by atoms with E-state index in [0.29, 0.717) is 13.1 Å². The molecule has 0 radical (unpaired) electrons. The maximum absolute atomic E-state index is 5.46. The Morgan fingerprint density at radius 3 is 2.65 bits per heavy atom. The molecular formula is C20H25N5O.